The predicted octanol–water partition coefficient (Wildman–Crippen LogP) is -0.846. The first kappa shape index (κ1) is 20.8. The summed E-state index contributed by atoms with van der Waals surface area (Å²) in [5, 5.41) is 2.68. The molecule has 0 saturated heterocycles. The van der Waals surface area contributed by atoms with Crippen molar-refractivity contribution in [2.24, 2.45) is 11.5 Å². The van der Waals surface area contributed by atoms with E-state index >= 15 is 0 Å². The summed E-state index contributed by atoms with van der Waals surface area (Å²) in [7, 11) is 0. The highest BCUT2D eigenvalue weighted by molar-refractivity contribution is 5.78. The van der Waals surface area contributed by atoms with Gasteiger partial charge in [0, 0.05) is 19.7 Å². The molecule has 1 unspecified atom stereocenters. The van der Waals surface area contributed by atoms with E-state index in [1.807, 2.05) is 20.8 Å². The van der Waals surface area contributed by atoms with Gasteiger partial charge in [-0.2, -0.15) is 0 Å². The first-order chi connectivity index (χ1) is 10.3. The number of carbonyl (C=O) groups excluding carboxylic acids is 2. The van der Waals surface area contributed by atoms with Crippen LogP contribution in [0, 0.1) is 0 Å². The van der Waals surface area contributed by atoms with Crippen molar-refractivity contribution < 1.29 is 23.8 Å². The molecule has 22 heavy (non-hydrogen) atoms. The zero-order chi connectivity index (χ0) is 17.0. The first-order valence-corrected chi connectivity index (χ1v) is 7.35. The number of ether oxygens (including phenoxy) is 3. The van der Waals surface area contributed by atoms with Crippen LogP contribution in [0.3, 0.4) is 0 Å². The Morgan fingerprint density at radius 2 is 1.91 bits per heavy atom. The highest BCUT2D eigenvalue weighted by atomic mass is 16.5. The Kier molecular flexibility index (Phi) is 10.7. The molecule has 8 nitrogen and oxygen atoms in total. The number of amides is 2. The number of primary amides is 1. The van der Waals surface area contributed by atoms with Crippen LogP contribution < -0.4 is 16.8 Å². The van der Waals surface area contributed by atoms with E-state index in [2.05, 4.69) is 5.32 Å². The van der Waals surface area contributed by atoms with Crippen molar-refractivity contribution >= 4 is 11.8 Å². The summed E-state index contributed by atoms with van der Waals surface area (Å²) < 4.78 is 16.0. The van der Waals surface area contributed by atoms with E-state index in [0.717, 1.165) is 6.42 Å². The molecule has 0 saturated carbocycles. The maximum absolute atomic E-state index is 11.5. The lowest BCUT2D eigenvalue weighted by molar-refractivity contribution is -0.130. The number of nitrogens with two attached hydrogens (primary N) is 2. The molecule has 0 radical (unpaired) electrons. The van der Waals surface area contributed by atoms with Gasteiger partial charge in [-0.1, -0.05) is 0 Å². The van der Waals surface area contributed by atoms with E-state index in [4.69, 9.17) is 25.7 Å². The van der Waals surface area contributed by atoms with Gasteiger partial charge in [-0.25, -0.2) is 0 Å². The third-order valence-electron chi connectivity index (χ3n) is 2.73. The normalized spacial score (nSPS) is 12.9. The quantitative estimate of drug-likeness (QED) is 0.406. The zero-order valence-corrected chi connectivity index (χ0v) is 13.7. The summed E-state index contributed by atoms with van der Waals surface area (Å²) in [5.41, 5.74) is 9.75. The Labute approximate surface area is 131 Å². The Morgan fingerprint density at radius 1 is 1.23 bits per heavy atom. The number of hydrogen-bond donors (Lipinski definition) is 3. The van der Waals surface area contributed by atoms with Crippen LogP contribution >= 0.6 is 0 Å². The number of carbonyl (C=O) groups is 2. The number of rotatable bonds is 13. The molecule has 1 atom stereocenters. The van der Waals surface area contributed by atoms with Gasteiger partial charge in [0.25, 0.3) is 0 Å². The summed E-state index contributed by atoms with van der Waals surface area (Å²) in [6.45, 7) is 7.13. The third-order valence-corrected chi connectivity index (χ3v) is 2.73. The molecule has 0 aliphatic carbocycles. The summed E-state index contributed by atoms with van der Waals surface area (Å²) >= 11 is 0. The summed E-state index contributed by atoms with van der Waals surface area (Å²) in [5.74, 6) is -0.931. The molecule has 0 fully saturated rings. The second-order valence-electron chi connectivity index (χ2n) is 5.60. The van der Waals surface area contributed by atoms with Crippen LogP contribution in [0.4, 0.5) is 0 Å². The fraction of sp³-hybridized carbons (Fsp3) is 0.857. The number of nitrogens with one attached hydrogen (secondary N) is 1. The van der Waals surface area contributed by atoms with Crippen molar-refractivity contribution in [1.29, 1.82) is 0 Å². The minimum Gasteiger partial charge on any atom is -0.377 e. The second kappa shape index (κ2) is 11.4. The maximum atomic E-state index is 11.5. The van der Waals surface area contributed by atoms with E-state index < -0.39 is 11.5 Å². The molecule has 0 aromatic heterocycles. The average Bonchev–Trinajstić information content (AvgIpc) is 2.42. The lowest BCUT2D eigenvalue weighted by atomic mass is 10.1. The molecule has 8 heteroatoms. The Morgan fingerprint density at radius 3 is 2.50 bits per heavy atom. The molecule has 130 valence electrons. The molecular weight excluding hydrogens is 290 g/mol. The van der Waals surface area contributed by atoms with Crippen molar-refractivity contribution in [1.82, 2.24) is 5.32 Å². The van der Waals surface area contributed by atoms with Crippen LogP contribution in [0.1, 0.15) is 27.2 Å². The first-order valence-electron chi connectivity index (χ1n) is 7.35. The molecule has 0 rings (SSSR count). The fourth-order valence-electron chi connectivity index (χ4n) is 1.51. The molecular formula is C14H29N3O5. The van der Waals surface area contributed by atoms with Gasteiger partial charge in [0.05, 0.1) is 18.3 Å². The Bertz CT molecular complexity index is 336. The van der Waals surface area contributed by atoms with Crippen molar-refractivity contribution in [3.8, 4) is 0 Å². The maximum Gasteiger partial charge on any atom is 0.246 e. The van der Waals surface area contributed by atoms with Crippen LogP contribution in [0.5, 0.6) is 0 Å². The molecule has 0 spiro atoms. The molecule has 0 aliphatic rings. The van der Waals surface area contributed by atoms with Crippen LogP contribution in [-0.2, 0) is 23.8 Å². The van der Waals surface area contributed by atoms with Crippen LogP contribution in [-0.4, -0.2) is 63.0 Å². The van der Waals surface area contributed by atoms with Gasteiger partial charge in [-0.05, 0) is 27.2 Å². The SMILES string of the molecule is CC(CCOC(C)(C)CNC(=O)COCC(N)=O)OCCN. The molecule has 0 aromatic carbocycles. The molecule has 0 aromatic rings. The lowest BCUT2D eigenvalue weighted by Crippen LogP contribution is -2.42. The van der Waals surface area contributed by atoms with Gasteiger partial charge in [0.15, 0.2) is 0 Å². The summed E-state index contributed by atoms with van der Waals surface area (Å²) in [6, 6.07) is 0. The van der Waals surface area contributed by atoms with Gasteiger partial charge in [-0.3, -0.25) is 9.59 Å². The molecule has 0 aliphatic heterocycles. The van der Waals surface area contributed by atoms with Crippen molar-refractivity contribution in [3.63, 3.8) is 0 Å². The average molecular weight is 319 g/mol. The summed E-state index contributed by atoms with van der Waals surface area (Å²) in [6.07, 6.45) is 0.829. The van der Waals surface area contributed by atoms with Gasteiger partial charge >= 0.3 is 0 Å². The fourth-order valence-corrected chi connectivity index (χ4v) is 1.51. The third kappa shape index (κ3) is 12.5. The van der Waals surface area contributed by atoms with E-state index in [-0.39, 0.29) is 25.2 Å². The monoisotopic (exact) mass is 319 g/mol. The smallest absolute Gasteiger partial charge is 0.246 e. The predicted molar refractivity (Wildman–Crippen MR) is 82.1 cm³/mol. The van der Waals surface area contributed by atoms with E-state index in [0.29, 0.717) is 26.3 Å². The molecule has 2 amide bonds. The lowest BCUT2D eigenvalue weighted by Gasteiger charge is -2.26. The van der Waals surface area contributed by atoms with Crippen molar-refractivity contribution in [3.05, 3.63) is 0 Å². The van der Waals surface area contributed by atoms with E-state index in [1.54, 1.807) is 0 Å². The Hall–Kier alpha value is -1.22. The molecule has 0 heterocycles. The van der Waals surface area contributed by atoms with Crippen LogP contribution in [0.15, 0.2) is 0 Å². The molecule has 5 N–H and O–H groups in total. The highest BCUT2D eigenvalue weighted by Gasteiger charge is 2.19. The number of hydrogen-bond acceptors (Lipinski definition) is 6. The largest absolute Gasteiger partial charge is 0.377 e. The van der Waals surface area contributed by atoms with Crippen LogP contribution in [0.2, 0.25) is 0 Å². The summed E-state index contributed by atoms with van der Waals surface area (Å²) in [4.78, 5) is 22.0. The van der Waals surface area contributed by atoms with Gasteiger partial charge in [0.1, 0.15) is 13.2 Å². The minimum absolute atomic E-state index is 0.0798. The van der Waals surface area contributed by atoms with Crippen molar-refractivity contribution in [2.75, 3.05) is 39.5 Å². The van der Waals surface area contributed by atoms with Gasteiger partial charge in [-0.15, -0.1) is 0 Å². The topological polar surface area (TPSA) is 126 Å². The van der Waals surface area contributed by atoms with Crippen LogP contribution in [0.25, 0.3) is 0 Å². The molecule has 0 bridgehead atoms. The standard InChI is InChI=1S/C14H29N3O5/c1-11(21-7-5-15)4-6-22-14(2,3)10-17-13(19)9-20-8-12(16)18/h11H,4-10,15H2,1-3H3,(H2,16,18)(H,17,19). The van der Waals surface area contributed by atoms with Crippen molar-refractivity contribution in [2.45, 2.75) is 38.9 Å². The highest BCUT2D eigenvalue weighted by Crippen LogP contribution is 2.09. The minimum atomic E-state index is -0.609. The van der Waals surface area contributed by atoms with E-state index in [1.165, 1.54) is 0 Å². The van der Waals surface area contributed by atoms with Gasteiger partial charge in [0.2, 0.25) is 11.8 Å². The van der Waals surface area contributed by atoms with Gasteiger partial charge < -0.3 is 31.0 Å². The van der Waals surface area contributed by atoms with E-state index in [9.17, 15) is 9.59 Å². The second-order valence-corrected chi connectivity index (χ2v) is 5.60. The Balaban J connectivity index is 3.79. The zero-order valence-electron chi connectivity index (χ0n) is 13.7.